The van der Waals surface area contributed by atoms with Crippen LogP contribution >= 0.6 is 123 Å². The zero-order valence-corrected chi connectivity index (χ0v) is 85.5. The largest absolute Gasteiger partial charge is 0.394 e. The number of aliphatic hydroxyl groups excluding tert-OH is 2. The van der Waals surface area contributed by atoms with Gasteiger partial charge in [-0.15, -0.1) is 99.3 Å². The van der Waals surface area contributed by atoms with Crippen molar-refractivity contribution in [2.24, 2.45) is 45.9 Å². The minimum Gasteiger partial charge on any atom is -0.394 e. The number of nitrogens with two attached hydrogens (primary N) is 8. The van der Waals surface area contributed by atoms with E-state index in [4.69, 9.17) is 45.9 Å². The Hall–Kier alpha value is -3.20. The van der Waals surface area contributed by atoms with Crippen LogP contribution in [0.25, 0.3) is 0 Å². The topological polar surface area (TPSA) is 540 Å². The van der Waals surface area contributed by atoms with Crippen molar-refractivity contribution in [3.05, 3.63) is 24.3 Å². The highest BCUT2D eigenvalue weighted by atomic mass is 35.5. The fourth-order valence-corrected chi connectivity index (χ4v) is 14.2. The first-order chi connectivity index (χ1) is 57.0. The highest BCUT2D eigenvalue weighted by Gasteiger charge is 2.33. The van der Waals surface area contributed by atoms with Crippen LogP contribution in [0.15, 0.2) is 24.3 Å². The minimum absolute atomic E-state index is 0. The Balaban J connectivity index is -0.000000357. The predicted octanol–water partition coefficient (Wildman–Crippen LogP) is 9.92. The summed E-state index contributed by atoms with van der Waals surface area (Å²) in [4.78, 5) is 135. The molecule has 0 aliphatic carbocycles. The van der Waals surface area contributed by atoms with Gasteiger partial charge in [-0.05, 0) is 167 Å². The van der Waals surface area contributed by atoms with Gasteiger partial charge in [-0.1, -0.05) is 194 Å². The lowest BCUT2D eigenvalue weighted by molar-refractivity contribution is -0.134. The van der Waals surface area contributed by atoms with E-state index in [0.29, 0.717) is 129 Å². The third kappa shape index (κ3) is 86.2. The summed E-state index contributed by atoms with van der Waals surface area (Å²) in [6.45, 7) is 14.1. The Morgan fingerprint density at radius 2 is 0.500 bits per heavy atom. The lowest BCUT2D eigenvalue weighted by Crippen LogP contribution is -2.59. The smallest absolute Gasteiger partial charge is 0.244 e. The molecule has 28 N–H and O–H groups in total. The average molecular weight is 2010 g/mol. The molecular weight excluding hydrogens is 1820 g/mol. The van der Waals surface area contributed by atoms with Gasteiger partial charge in [0.25, 0.3) is 0 Å². The molecule has 30 nitrogen and oxygen atoms in total. The number of halogens is 8. The summed E-state index contributed by atoms with van der Waals surface area (Å²) < 4.78 is 0. The van der Waals surface area contributed by atoms with Crippen molar-refractivity contribution in [1.82, 2.24) is 53.2 Å². The van der Waals surface area contributed by atoms with Crippen LogP contribution in [0.5, 0.6) is 0 Å². The van der Waals surface area contributed by atoms with Crippen molar-refractivity contribution in [1.29, 1.82) is 0 Å². The fourth-order valence-electron chi connectivity index (χ4n) is 11.9. The van der Waals surface area contributed by atoms with E-state index in [1.807, 2.05) is 13.8 Å². The maximum absolute atomic E-state index is 14.3. The van der Waals surface area contributed by atoms with E-state index >= 15 is 0 Å². The molecule has 40 heteroatoms. The van der Waals surface area contributed by atoms with E-state index in [0.717, 1.165) is 32.1 Å². The highest BCUT2D eigenvalue weighted by Crippen LogP contribution is 2.16. The molecule has 0 aliphatic rings. The van der Waals surface area contributed by atoms with Crippen LogP contribution in [0.2, 0.25) is 0 Å². The lowest BCUT2D eigenvalue weighted by atomic mass is 10.1. The van der Waals surface area contributed by atoms with Crippen LogP contribution in [0.4, 0.5) is 0 Å². The minimum atomic E-state index is -1.38. The van der Waals surface area contributed by atoms with Crippen LogP contribution in [0, 0.1) is 0 Å². The average Bonchev–Trinajstić information content (AvgIpc) is 0.872. The van der Waals surface area contributed by atoms with Gasteiger partial charge in [0.15, 0.2) is 0 Å². The summed E-state index contributed by atoms with van der Waals surface area (Å²) in [6, 6.07) is -11.4. The Morgan fingerprint density at radius 3 is 0.833 bits per heavy atom. The van der Waals surface area contributed by atoms with Gasteiger partial charge < -0.3 is 109 Å². The molecule has 10 amide bonds. The van der Waals surface area contributed by atoms with E-state index in [1.54, 1.807) is 0 Å². The molecular formula is C86H180Cl8N18O12S2. The maximum Gasteiger partial charge on any atom is 0.244 e. The van der Waals surface area contributed by atoms with Crippen molar-refractivity contribution in [3.8, 4) is 0 Å². The van der Waals surface area contributed by atoms with E-state index < -0.39 is 121 Å². The van der Waals surface area contributed by atoms with Gasteiger partial charge in [-0.3, -0.25) is 47.9 Å². The lowest BCUT2D eigenvalue weighted by Gasteiger charge is -2.26. The summed E-state index contributed by atoms with van der Waals surface area (Å²) in [5.74, 6) is -6.02. The molecule has 0 radical (unpaired) electrons. The number of rotatable bonds is 77. The molecule has 0 spiro atoms. The second-order valence-electron chi connectivity index (χ2n) is 30.6. The molecule has 10 unspecified atom stereocenters. The Kier molecular flexibility index (Phi) is 124. The van der Waals surface area contributed by atoms with Crippen LogP contribution < -0.4 is 99.0 Å². The molecule has 0 heterocycles. The van der Waals surface area contributed by atoms with Gasteiger partial charge in [-0.2, -0.15) is 23.5 Å². The number of nitrogens with one attached hydrogen (secondary N) is 10. The summed E-state index contributed by atoms with van der Waals surface area (Å²) in [5.41, 5.74) is 46.9. The number of thioether (sulfide) groups is 2. The molecule has 0 rings (SSSR count). The number of carbonyl (C=O) groups excluding carboxylic acids is 10. The number of allylic oxidation sites excluding steroid dienone is 4. The predicted molar refractivity (Wildman–Crippen MR) is 545 cm³/mol. The Morgan fingerprint density at radius 1 is 0.254 bits per heavy atom. The SMILES string of the molecule is CCC/C=C/CCCCCCCC.CCCC/C=C/CCCCCCCC.CCCCCCNC(=O)C(CO)NC(=O)C(CSCCSCC(NC(=O)C(CCCCNC(=O)C(N)CCCN)NC(=O)C(N)CCCCN)C(=O)NC(CO)C(=O)NCCCCC)NC(=O)C(CCCCNC(=O)C(N)CCCN)NC(=O)C(N)CCCCN.Cl.Cl.Cl.Cl.Cl.Cl.Cl.Cl. The van der Waals surface area contributed by atoms with Crippen LogP contribution in [-0.4, -0.2) is 218 Å². The molecule has 0 aliphatic heterocycles. The van der Waals surface area contributed by atoms with Crippen molar-refractivity contribution in [2.75, 3.05) is 88.6 Å². The molecule has 0 aromatic heterocycles. The number of amides is 10. The normalized spacial score (nSPS) is 12.9. The van der Waals surface area contributed by atoms with E-state index in [1.165, 1.54) is 146 Å². The molecule has 0 bridgehead atoms. The second kappa shape index (κ2) is 107. The number of hydrogen-bond donors (Lipinski definition) is 20. The number of carbonyl (C=O) groups is 10. The molecule has 0 aromatic rings. The van der Waals surface area contributed by atoms with Crippen LogP contribution in [0.3, 0.4) is 0 Å². The zero-order valence-electron chi connectivity index (χ0n) is 77.4. The monoisotopic (exact) mass is 2000 g/mol. The summed E-state index contributed by atoms with van der Waals surface area (Å²) in [7, 11) is 0. The van der Waals surface area contributed by atoms with E-state index in [2.05, 4.69) is 105 Å². The van der Waals surface area contributed by atoms with Crippen LogP contribution in [0.1, 0.15) is 311 Å². The van der Waals surface area contributed by atoms with E-state index in [9.17, 15) is 58.2 Å². The molecule has 0 saturated heterocycles. The highest BCUT2D eigenvalue weighted by molar-refractivity contribution is 8.03. The first-order valence-electron chi connectivity index (χ1n) is 45.5. The van der Waals surface area contributed by atoms with Gasteiger partial charge in [0.05, 0.1) is 37.4 Å². The Bertz CT molecular complexity index is 2620. The standard InChI is InChI=1S/C59H118N18O12S2.C14H28.C13H26.8ClH/c1-3-5-7-15-31-71-55(85)47(37-79)75-59(89)49(77-57(87)45(73-53(83)43(67)21-9-13-27-61)25-11-17-33-69-51(81)41(65)23-19-29-63)39-91-35-34-90-38-48(58(88)74-46(36-78)54(84)70-30-14-6-4-2)76-56(86)44(72-52(82)42(66)20-8-12-26-60)24-10-16-32-68-50(80)40(64)22-18-28-62;1-3-5-7-9-11-13-14-12-10-8-6-4-2;1-3-5-7-9-11-13-12-10-8-6-4-2;;;;;;;;/h40-49,78-79H,3-39,60-67H2,1-2H3,(H,68,80)(H,69,81)(H,70,84)(H,71,85)(H,72,82)(H,73,83)(H,74,88)(H,75,89)(H,76,86)(H,77,87);9,11H,3-8,10,12-14H2,1-2H3;7,9H,3-6,8,10-13H2,1-2H3;8*1H/b;11-9+;9-7+;;;;;;;;. The molecule has 10 atom stereocenters. The van der Waals surface area contributed by atoms with Crippen molar-refractivity contribution < 1.29 is 58.2 Å². The quantitative estimate of drug-likeness (QED) is 0.0199. The summed E-state index contributed by atoms with van der Waals surface area (Å²) in [5, 5.41) is 47.6. The van der Waals surface area contributed by atoms with Gasteiger partial charge in [0.2, 0.25) is 59.1 Å². The fraction of sp³-hybridized carbons (Fsp3) is 0.837. The zero-order chi connectivity index (χ0) is 88.5. The van der Waals surface area contributed by atoms with E-state index in [-0.39, 0.29) is 173 Å². The van der Waals surface area contributed by atoms with Crippen molar-refractivity contribution in [2.45, 2.75) is 372 Å². The van der Waals surface area contributed by atoms with Gasteiger partial charge in [0, 0.05) is 49.2 Å². The molecule has 0 aromatic carbocycles. The van der Waals surface area contributed by atoms with Gasteiger partial charge >= 0.3 is 0 Å². The van der Waals surface area contributed by atoms with Crippen LogP contribution in [-0.2, 0) is 47.9 Å². The number of hydrogen-bond acceptors (Lipinski definition) is 22. The second-order valence-corrected chi connectivity index (χ2v) is 32.9. The molecule has 126 heavy (non-hydrogen) atoms. The summed E-state index contributed by atoms with van der Waals surface area (Å²) in [6.07, 6.45) is 47.8. The third-order valence-corrected chi connectivity index (χ3v) is 22.0. The number of aliphatic hydroxyl groups is 2. The van der Waals surface area contributed by atoms with Gasteiger partial charge in [-0.25, -0.2) is 0 Å². The summed E-state index contributed by atoms with van der Waals surface area (Å²) >= 11 is 2.41. The maximum atomic E-state index is 14.3. The molecule has 0 fully saturated rings. The Labute approximate surface area is 817 Å². The number of unbranched alkanes of at least 4 members (excludes halogenated alkanes) is 24. The first kappa shape index (κ1) is 146. The third-order valence-electron chi connectivity index (χ3n) is 19.6. The molecule has 0 saturated carbocycles. The first-order valence-corrected chi connectivity index (χ1v) is 47.8. The van der Waals surface area contributed by atoms with Crippen molar-refractivity contribution in [3.63, 3.8) is 0 Å². The van der Waals surface area contributed by atoms with Gasteiger partial charge in [0.1, 0.15) is 36.3 Å². The van der Waals surface area contributed by atoms with Crippen molar-refractivity contribution >= 4 is 182 Å². The molecule has 754 valence electrons.